The minimum Gasteiger partial charge on any atom is -0.437 e. The Morgan fingerprint density at radius 2 is 1.10 bits per heavy atom. The van der Waals surface area contributed by atoms with Gasteiger partial charge in [0.1, 0.15) is 11.4 Å². The Kier molecular flexibility index (Phi) is 5.14. The van der Waals surface area contributed by atoms with E-state index in [1.807, 2.05) is 12.1 Å². The molecule has 2 heterocycles. The molecule has 0 aliphatic carbocycles. The lowest BCUT2D eigenvalue weighted by atomic mass is 10.0. The van der Waals surface area contributed by atoms with Gasteiger partial charge >= 0.3 is 0 Å². The molecule has 0 unspecified atom stereocenters. The maximum Gasteiger partial charge on any atom is 0.229 e. The van der Waals surface area contributed by atoms with Gasteiger partial charge in [0.15, 0.2) is 0 Å². The first-order valence-corrected chi connectivity index (χ1v) is 13.5. The number of aromatic nitrogens is 1. The largest absolute Gasteiger partial charge is 0.437 e. The number of furan rings is 1. The lowest BCUT2D eigenvalue weighted by Crippen LogP contribution is -2.11. The van der Waals surface area contributed by atoms with Crippen LogP contribution in [0.5, 0.6) is 0 Å². The monoisotopic (exact) mass is 512 g/mol. The van der Waals surface area contributed by atoms with Gasteiger partial charge in [-0.2, -0.15) is 4.98 Å². The highest BCUT2D eigenvalue weighted by Crippen LogP contribution is 2.38. The molecule has 3 heteroatoms. The summed E-state index contributed by atoms with van der Waals surface area (Å²) in [6.45, 7) is 0. The molecule has 0 N–H and O–H groups in total. The molecule has 2 aromatic heterocycles. The molecule has 0 aliphatic rings. The molecule has 8 aromatic rings. The van der Waals surface area contributed by atoms with Gasteiger partial charge in [-0.25, -0.2) is 0 Å². The van der Waals surface area contributed by atoms with Crippen molar-refractivity contribution in [2.45, 2.75) is 0 Å². The van der Waals surface area contributed by atoms with E-state index in [2.05, 4.69) is 138 Å². The van der Waals surface area contributed by atoms with Crippen LogP contribution in [-0.4, -0.2) is 4.98 Å². The standard InChI is InChI=1S/C37H24N2O/c1-2-11-30(12-3-1)39(31-19-16-26(17-20-31)29-15-14-25-8-4-5-10-28(25)24-29)35-23-22-34-33-21-18-27-9-6-7-13-32(27)36(33)40-37(34)38-35/h1-24H. The zero-order chi connectivity index (χ0) is 26.5. The number of nitrogens with zero attached hydrogens (tertiary/aromatic N) is 2. The van der Waals surface area contributed by atoms with Crippen LogP contribution in [0.4, 0.5) is 17.2 Å². The highest BCUT2D eigenvalue weighted by molar-refractivity contribution is 6.14. The Hall–Kier alpha value is -5.41. The van der Waals surface area contributed by atoms with Crippen molar-refractivity contribution in [2.24, 2.45) is 0 Å². The van der Waals surface area contributed by atoms with E-state index in [1.165, 1.54) is 21.9 Å². The van der Waals surface area contributed by atoms with E-state index >= 15 is 0 Å². The van der Waals surface area contributed by atoms with E-state index in [9.17, 15) is 0 Å². The second kappa shape index (κ2) is 9.11. The van der Waals surface area contributed by atoms with Gasteiger partial charge < -0.3 is 4.42 Å². The average Bonchev–Trinajstić information content (AvgIpc) is 3.40. The Balaban J connectivity index is 1.24. The van der Waals surface area contributed by atoms with Gasteiger partial charge in [-0.1, -0.05) is 97.1 Å². The summed E-state index contributed by atoms with van der Waals surface area (Å²) in [6, 6.07) is 50.9. The van der Waals surface area contributed by atoms with E-state index < -0.39 is 0 Å². The summed E-state index contributed by atoms with van der Waals surface area (Å²) >= 11 is 0. The Morgan fingerprint density at radius 1 is 0.450 bits per heavy atom. The smallest absolute Gasteiger partial charge is 0.229 e. The van der Waals surface area contributed by atoms with Crippen LogP contribution in [0, 0.1) is 0 Å². The summed E-state index contributed by atoms with van der Waals surface area (Å²) in [5.74, 6) is 0.806. The van der Waals surface area contributed by atoms with Gasteiger partial charge in [0.25, 0.3) is 0 Å². The molecule has 0 bridgehead atoms. The van der Waals surface area contributed by atoms with Crippen LogP contribution in [0.25, 0.3) is 54.7 Å². The second-order valence-corrected chi connectivity index (χ2v) is 10.1. The van der Waals surface area contributed by atoms with Crippen LogP contribution in [0.3, 0.4) is 0 Å². The fraction of sp³-hybridized carbons (Fsp3) is 0. The zero-order valence-electron chi connectivity index (χ0n) is 21.7. The highest BCUT2D eigenvalue weighted by Gasteiger charge is 2.17. The Morgan fingerprint density at radius 3 is 1.95 bits per heavy atom. The minimum absolute atomic E-state index is 0.637. The van der Waals surface area contributed by atoms with Crippen molar-refractivity contribution < 1.29 is 4.42 Å². The van der Waals surface area contributed by atoms with Crippen molar-refractivity contribution in [2.75, 3.05) is 4.90 Å². The van der Waals surface area contributed by atoms with Crippen molar-refractivity contribution in [1.29, 1.82) is 0 Å². The van der Waals surface area contributed by atoms with E-state index in [0.29, 0.717) is 5.71 Å². The number of fused-ring (bicyclic) bond motifs is 6. The predicted octanol–water partition coefficient (Wildman–Crippen LogP) is 10.4. The molecule has 0 aliphatic heterocycles. The van der Waals surface area contributed by atoms with Gasteiger partial charge in [0, 0.05) is 27.5 Å². The molecule has 0 saturated carbocycles. The molecule has 0 atom stereocenters. The van der Waals surface area contributed by atoms with E-state index in [4.69, 9.17) is 9.40 Å². The first-order valence-electron chi connectivity index (χ1n) is 13.5. The quantitative estimate of drug-likeness (QED) is 0.235. The molecule has 0 amide bonds. The Labute approximate surface area is 231 Å². The van der Waals surface area contributed by atoms with Gasteiger partial charge in [-0.05, 0) is 75.8 Å². The first kappa shape index (κ1) is 22.6. The number of hydrogen-bond acceptors (Lipinski definition) is 3. The average molecular weight is 513 g/mol. The summed E-state index contributed by atoms with van der Waals surface area (Å²) in [6.07, 6.45) is 0. The molecular formula is C37H24N2O. The SMILES string of the molecule is c1ccc(N(c2ccc(-c3ccc4ccccc4c3)cc2)c2ccc3c(n2)oc2c4ccccc4ccc32)cc1. The number of para-hydroxylation sites is 1. The predicted molar refractivity (Wildman–Crippen MR) is 167 cm³/mol. The van der Waals surface area contributed by atoms with Crippen molar-refractivity contribution in [3.05, 3.63) is 146 Å². The van der Waals surface area contributed by atoms with Crippen molar-refractivity contribution in [3.8, 4) is 11.1 Å². The Bertz CT molecular complexity index is 2160. The minimum atomic E-state index is 0.637. The van der Waals surface area contributed by atoms with E-state index in [1.54, 1.807) is 0 Å². The number of rotatable bonds is 4. The van der Waals surface area contributed by atoms with Crippen LogP contribution < -0.4 is 4.90 Å². The molecule has 0 saturated heterocycles. The fourth-order valence-electron chi connectivity index (χ4n) is 5.66. The van der Waals surface area contributed by atoms with Crippen LogP contribution >= 0.6 is 0 Å². The fourth-order valence-corrected chi connectivity index (χ4v) is 5.66. The van der Waals surface area contributed by atoms with E-state index in [-0.39, 0.29) is 0 Å². The highest BCUT2D eigenvalue weighted by atomic mass is 16.3. The molecule has 6 aromatic carbocycles. The molecule has 40 heavy (non-hydrogen) atoms. The maximum absolute atomic E-state index is 6.40. The number of hydrogen-bond donors (Lipinski definition) is 0. The lowest BCUT2D eigenvalue weighted by Gasteiger charge is -2.24. The zero-order valence-corrected chi connectivity index (χ0v) is 21.7. The molecule has 0 radical (unpaired) electrons. The van der Waals surface area contributed by atoms with Crippen LogP contribution in [0.2, 0.25) is 0 Å². The van der Waals surface area contributed by atoms with Crippen LogP contribution in [0.15, 0.2) is 150 Å². The number of anilines is 3. The normalized spacial score (nSPS) is 11.5. The third kappa shape index (κ3) is 3.71. The lowest BCUT2D eigenvalue weighted by molar-refractivity contribution is 0.658. The summed E-state index contributed by atoms with van der Waals surface area (Å²) in [4.78, 5) is 7.22. The molecule has 3 nitrogen and oxygen atoms in total. The van der Waals surface area contributed by atoms with Gasteiger partial charge in [0.2, 0.25) is 5.71 Å². The van der Waals surface area contributed by atoms with E-state index in [0.717, 1.165) is 44.3 Å². The summed E-state index contributed by atoms with van der Waals surface area (Å²) < 4.78 is 6.40. The van der Waals surface area contributed by atoms with Crippen molar-refractivity contribution >= 4 is 60.8 Å². The van der Waals surface area contributed by atoms with Crippen molar-refractivity contribution in [3.63, 3.8) is 0 Å². The molecule has 0 spiro atoms. The molecule has 0 fully saturated rings. The number of pyridine rings is 1. The van der Waals surface area contributed by atoms with Gasteiger partial charge in [0.05, 0.1) is 0 Å². The summed E-state index contributed by atoms with van der Waals surface area (Å²) in [5, 5.41) is 6.85. The van der Waals surface area contributed by atoms with Crippen LogP contribution in [-0.2, 0) is 0 Å². The summed E-state index contributed by atoms with van der Waals surface area (Å²) in [7, 11) is 0. The molecule has 188 valence electrons. The maximum atomic E-state index is 6.40. The molecule has 8 rings (SSSR count). The van der Waals surface area contributed by atoms with Crippen LogP contribution in [0.1, 0.15) is 0 Å². The van der Waals surface area contributed by atoms with Gasteiger partial charge in [-0.3, -0.25) is 4.90 Å². The molecular weight excluding hydrogens is 488 g/mol. The second-order valence-electron chi connectivity index (χ2n) is 10.1. The third-order valence-electron chi connectivity index (χ3n) is 7.67. The number of benzene rings is 6. The topological polar surface area (TPSA) is 29.3 Å². The summed E-state index contributed by atoms with van der Waals surface area (Å²) in [5.41, 5.74) is 5.96. The third-order valence-corrected chi connectivity index (χ3v) is 7.67. The van der Waals surface area contributed by atoms with Gasteiger partial charge in [-0.15, -0.1) is 0 Å². The first-order chi connectivity index (χ1) is 19.8. The van der Waals surface area contributed by atoms with Crippen molar-refractivity contribution in [1.82, 2.24) is 4.98 Å².